The van der Waals surface area contributed by atoms with Gasteiger partial charge in [0.2, 0.25) is 5.91 Å². The molecule has 1 amide bonds. The van der Waals surface area contributed by atoms with E-state index in [0.717, 1.165) is 22.4 Å². The van der Waals surface area contributed by atoms with Gasteiger partial charge in [0.05, 0.1) is 6.42 Å². The summed E-state index contributed by atoms with van der Waals surface area (Å²) in [7, 11) is 0. The van der Waals surface area contributed by atoms with Gasteiger partial charge in [-0.1, -0.05) is 25.1 Å². The summed E-state index contributed by atoms with van der Waals surface area (Å²) in [4.78, 5) is 16.9. The van der Waals surface area contributed by atoms with E-state index in [0.29, 0.717) is 23.2 Å². The maximum Gasteiger partial charge on any atom is 0.258 e. The van der Waals surface area contributed by atoms with Gasteiger partial charge in [0.1, 0.15) is 5.82 Å². The third-order valence-electron chi connectivity index (χ3n) is 4.51. The number of aryl methyl sites for hydroxylation is 2. The number of hydrogen-bond acceptors (Lipinski definition) is 6. The smallest absolute Gasteiger partial charge is 0.258 e. The first-order chi connectivity index (χ1) is 13.9. The third-order valence-corrected chi connectivity index (χ3v) is 4.51. The van der Waals surface area contributed by atoms with Gasteiger partial charge < -0.3 is 9.84 Å². The van der Waals surface area contributed by atoms with E-state index in [-0.39, 0.29) is 18.2 Å². The minimum absolute atomic E-state index is 0.117. The third kappa shape index (κ3) is 4.01. The van der Waals surface area contributed by atoms with Gasteiger partial charge in [-0.05, 0) is 49.2 Å². The summed E-state index contributed by atoms with van der Waals surface area (Å²) in [6.45, 7) is 8.01. The summed E-state index contributed by atoms with van der Waals surface area (Å²) in [5.41, 5.74) is 4.35. The Labute approximate surface area is 168 Å². The molecule has 3 aromatic heterocycles. The Morgan fingerprint density at radius 3 is 2.59 bits per heavy atom. The number of carbonyl (C=O) groups excluding carboxylic acids is 1. The van der Waals surface area contributed by atoms with E-state index in [4.69, 9.17) is 4.52 Å². The monoisotopic (exact) mass is 390 g/mol. The number of nitrogens with zero attached hydrogens (tertiary/aromatic N) is 5. The van der Waals surface area contributed by atoms with Crippen molar-refractivity contribution in [2.24, 2.45) is 0 Å². The number of hydrogen-bond donors (Lipinski definition) is 1. The number of carbonyl (C=O) groups is 1. The van der Waals surface area contributed by atoms with E-state index in [1.165, 1.54) is 0 Å². The number of aromatic nitrogens is 5. The Balaban J connectivity index is 1.53. The Kier molecular flexibility index (Phi) is 4.84. The van der Waals surface area contributed by atoms with Gasteiger partial charge in [-0.2, -0.15) is 4.98 Å². The largest absolute Gasteiger partial charge is 0.334 e. The highest BCUT2D eigenvalue weighted by atomic mass is 16.5. The minimum atomic E-state index is -0.146. The molecule has 8 heteroatoms. The van der Waals surface area contributed by atoms with E-state index in [2.05, 4.69) is 31.7 Å². The van der Waals surface area contributed by atoms with Crippen molar-refractivity contribution in [3.8, 4) is 11.5 Å². The molecule has 0 radical (unpaired) electrons. The van der Waals surface area contributed by atoms with Gasteiger partial charge in [-0.3, -0.25) is 9.20 Å². The SMILES string of the molecule is Cc1cc(C)cc(NC(=O)Cc2nnc3cc(-c4nc(C(C)C)no4)ccn23)c1. The van der Waals surface area contributed by atoms with Crippen LogP contribution in [0.2, 0.25) is 0 Å². The van der Waals surface area contributed by atoms with Crippen molar-refractivity contribution in [1.29, 1.82) is 0 Å². The molecule has 0 saturated heterocycles. The molecule has 1 aromatic carbocycles. The molecule has 4 aromatic rings. The van der Waals surface area contributed by atoms with Gasteiger partial charge in [0.25, 0.3) is 5.89 Å². The van der Waals surface area contributed by atoms with Crippen LogP contribution in [0.25, 0.3) is 17.1 Å². The van der Waals surface area contributed by atoms with E-state index >= 15 is 0 Å². The fourth-order valence-corrected chi connectivity index (χ4v) is 3.18. The number of anilines is 1. The fraction of sp³-hybridized carbons (Fsp3) is 0.286. The van der Waals surface area contributed by atoms with Crippen LogP contribution in [-0.4, -0.2) is 30.6 Å². The molecule has 148 valence electrons. The second-order valence-corrected chi connectivity index (χ2v) is 7.47. The van der Waals surface area contributed by atoms with Crippen molar-refractivity contribution in [1.82, 2.24) is 24.7 Å². The van der Waals surface area contributed by atoms with Gasteiger partial charge in [-0.25, -0.2) is 0 Å². The van der Waals surface area contributed by atoms with Crippen molar-refractivity contribution in [2.75, 3.05) is 5.32 Å². The molecule has 3 heterocycles. The lowest BCUT2D eigenvalue weighted by atomic mass is 10.1. The molecule has 0 aliphatic carbocycles. The molecule has 0 saturated carbocycles. The van der Waals surface area contributed by atoms with Crippen LogP contribution in [0.5, 0.6) is 0 Å². The molecule has 0 spiro atoms. The van der Waals surface area contributed by atoms with Crippen LogP contribution in [-0.2, 0) is 11.2 Å². The molecule has 8 nitrogen and oxygen atoms in total. The van der Waals surface area contributed by atoms with E-state index in [1.807, 2.05) is 58.2 Å². The highest BCUT2D eigenvalue weighted by molar-refractivity contribution is 5.92. The first-order valence-electron chi connectivity index (χ1n) is 9.45. The molecule has 0 unspecified atom stereocenters. The van der Waals surface area contributed by atoms with E-state index in [9.17, 15) is 4.79 Å². The maximum absolute atomic E-state index is 12.5. The summed E-state index contributed by atoms with van der Waals surface area (Å²) in [5.74, 6) is 1.69. The Hall–Kier alpha value is -3.55. The number of fused-ring (bicyclic) bond motifs is 1. The Morgan fingerprint density at radius 1 is 1.14 bits per heavy atom. The molecule has 0 aliphatic rings. The molecule has 0 atom stereocenters. The topological polar surface area (TPSA) is 98.2 Å². The van der Waals surface area contributed by atoms with Gasteiger partial charge in [-0.15, -0.1) is 10.2 Å². The zero-order valence-electron chi connectivity index (χ0n) is 16.8. The number of nitrogens with one attached hydrogen (secondary N) is 1. The second kappa shape index (κ2) is 7.46. The highest BCUT2D eigenvalue weighted by Crippen LogP contribution is 2.21. The van der Waals surface area contributed by atoms with E-state index in [1.54, 1.807) is 4.40 Å². The molecular formula is C21H22N6O2. The van der Waals surface area contributed by atoms with Crippen LogP contribution in [0.4, 0.5) is 5.69 Å². The Morgan fingerprint density at radius 2 is 1.90 bits per heavy atom. The lowest BCUT2D eigenvalue weighted by Gasteiger charge is -2.07. The number of pyridine rings is 1. The van der Waals surface area contributed by atoms with Crippen molar-refractivity contribution in [3.63, 3.8) is 0 Å². The van der Waals surface area contributed by atoms with Gasteiger partial charge in [0.15, 0.2) is 11.5 Å². The highest BCUT2D eigenvalue weighted by Gasteiger charge is 2.15. The van der Waals surface area contributed by atoms with Gasteiger partial charge >= 0.3 is 0 Å². The van der Waals surface area contributed by atoms with Crippen LogP contribution in [0.3, 0.4) is 0 Å². The first-order valence-corrected chi connectivity index (χ1v) is 9.45. The van der Waals surface area contributed by atoms with Gasteiger partial charge in [0, 0.05) is 23.4 Å². The molecule has 29 heavy (non-hydrogen) atoms. The molecule has 4 rings (SSSR count). The number of amides is 1. The Bertz CT molecular complexity index is 1170. The number of benzene rings is 1. The van der Waals surface area contributed by atoms with Crippen molar-refractivity contribution < 1.29 is 9.32 Å². The standard InChI is InChI=1S/C21H22N6O2/c1-12(2)20-23-21(29-26-20)15-5-6-27-17(10-15)24-25-18(27)11-19(28)22-16-8-13(3)7-14(4)9-16/h5-10,12H,11H2,1-4H3,(H,22,28). The van der Waals surface area contributed by atoms with Crippen molar-refractivity contribution >= 4 is 17.2 Å². The van der Waals surface area contributed by atoms with Crippen molar-refractivity contribution in [3.05, 3.63) is 59.3 Å². The average Bonchev–Trinajstić information content (AvgIpc) is 3.28. The minimum Gasteiger partial charge on any atom is -0.334 e. The molecule has 0 aliphatic heterocycles. The lowest BCUT2D eigenvalue weighted by Crippen LogP contribution is -2.16. The molecular weight excluding hydrogens is 368 g/mol. The average molecular weight is 390 g/mol. The quantitative estimate of drug-likeness (QED) is 0.558. The summed E-state index contributed by atoms with van der Waals surface area (Å²) in [6, 6.07) is 9.60. The summed E-state index contributed by atoms with van der Waals surface area (Å²) < 4.78 is 7.12. The molecule has 0 bridgehead atoms. The van der Waals surface area contributed by atoms with Crippen molar-refractivity contribution in [2.45, 2.75) is 40.0 Å². The predicted molar refractivity (Wildman–Crippen MR) is 109 cm³/mol. The normalized spacial score (nSPS) is 11.3. The summed E-state index contributed by atoms with van der Waals surface area (Å²) in [5, 5.41) is 15.3. The molecule has 1 N–H and O–H groups in total. The summed E-state index contributed by atoms with van der Waals surface area (Å²) in [6.07, 6.45) is 1.93. The zero-order chi connectivity index (χ0) is 20.5. The second-order valence-electron chi connectivity index (χ2n) is 7.47. The molecule has 0 fully saturated rings. The fourth-order valence-electron chi connectivity index (χ4n) is 3.18. The zero-order valence-corrected chi connectivity index (χ0v) is 16.8. The van der Waals surface area contributed by atoms with E-state index < -0.39 is 0 Å². The van der Waals surface area contributed by atoms with Crippen LogP contribution >= 0.6 is 0 Å². The summed E-state index contributed by atoms with van der Waals surface area (Å²) >= 11 is 0. The van der Waals surface area contributed by atoms with Crippen LogP contribution in [0, 0.1) is 13.8 Å². The lowest BCUT2D eigenvalue weighted by molar-refractivity contribution is -0.115. The maximum atomic E-state index is 12.5. The van der Waals surface area contributed by atoms with Crippen LogP contribution in [0.1, 0.15) is 42.5 Å². The number of rotatable bonds is 5. The first kappa shape index (κ1) is 18.8. The van der Waals surface area contributed by atoms with Crippen LogP contribution in [0.15, 0.2) is 41.1 Å². The predicted octanol–water partition coefficient (Wildman–Crippen LogP) is 3.70. The van der Waals surface area contributed by atoms with Crippen LogP contribution < -0.4 is 5.32 Å².